The highest BCUT2D eigenvalue weighted by Gasteiger charge is 2.02. The summed E-state index contributed by atoms with van der Waals surface area (Å²) in [5.41, 5.74) is 5.16. The third kappa shape index (κ3) is 13.6. The summed E-state index contributed by atoms with van der Waals surface area (Å²) in [4.78, 5) is 0. The Bertz CT molecular complexity index is 1190. The van der Waals surface area contributed by atoms with E-state index in [2.05, 4.69) is 114 Å². The molecule has 0 aliphatic carbocycles. The SMILES string of the molecule is CC(C)COc1ccc(Cc2ccc(OCC(C)C)cc2)cc1.CCCOc1ccc(Cc2ccc(OCCC)cc2)cc1. The van der Waals surface area contributed by atoms with Crippen molar-refractivity contribution in [2.75, 3.05) is 26.4 Å². The maximum Gasteiger partial charge on any atom is 0.119 e. The summed E-state index contributed by atoms with van der Waals surface area (Å²) in [6.45, 7) is 15.9. The minimum absolute atomic E-state index is 0.547. The number of rotatable bonds is 16. The van der Waals surface area contributed by atoms with E-state index in [4.69, 9.17) is 18.9 Å². The van der Waals surface area contributed by atoms with E-state index in [1.165, 1.54) is 22.3 Å². The first-order valence-electron chi connectivity index (χ1n) is 16.2. The van der Waals surface area contributed by atoms with Crippen molar-refractivity contribution in [1.82, 2.24) is 0 Å². The largest absolute Gasteiger partial charge is 0.494 e. The predicted octanol–water partition coefficient (Wildman–Crippen LogP) is 10.2. The van der Waals surface area contributed by atoms with Crippen LogP contribution in [-0.4, -0.2) is 26.4 Å². The van der Waals surface area contributed by atoms with Gasteiger partial charge < -0.3 is 18.9 Å². The van der Waals surface area contributed by atoms with Gasteiger partial charge in [-0.2, -0.15) is 0 Å². The van der Waals surface area contributed by atoms with Crippen molar-refractivity contribution in [3.05, 3.63) is 119 Å². The molecule has 0 aromatic heterocycles. The van der Waals surface area contributed by atoms with Crippen molar-refractivity contribution in [1.29, 1.82) is 0 Å². The van der Waals surface area contributed by atoms with Gasteiger partial charge in [0, 0.05) is 0 Å². The lowest BCUT2D eigenvalue weighted by Gasteiger charge is -2.10. The van der Waals surface area contributed by atoms with Crippen LogP contribution in [0.1, 0.15) is 76.6 Å². The highest BCUT2D eigenvalue weighted by Crippen LogP contribution is 2.20. The van der Waals surface area contributed by atoms with Gasteiger partial charge in [-0.3, -0.25) is 0 Å². The van der Waals surface area contributed by atoms with Crippen LogP contribution in [0.5, 0.6) is 23.0 Å². The van der Waals surface area contributed by atoms with Crippen LogP contribution in [0, 0.1) is 11.8 Å². The van der Waals surface area contributed by atoms with Crippen LogP contribution >= 0.6 is 0 Å². The molecular formula is C40H52O4. The zero-order valence-electron chi connectivity index (χ0n) is 27.7. The Balaban J connectivity index is 0.000000241. The molecule has 0 saturated carbocycles. The van der Waals surface area contributed by atoms with Crippen LogP contribution in [0.15, 0.2) is 97.1 Å². The normalized spacial score (nSPS) is 10.7. The van der Waals surface area contributed by atoms with E-state index in [1.807, 2.05) is 24.3 Å². The van der Waals surface area contributed by atoms with Crippen LogP contribution in [0.4, 0.5) is 0 Å². The van der Waals surface area contributed by atoms with Crippen molar-refractivity contribution >= 4 is 0 Å². The van der Waals surface area contributed by atoms with Crippen LogP contribution < -0.4 is 18.9 Å². The number of benzene rings is 4. The lowest BCUT2D eigenvalue weighted by molar-refractivity contribution is 0.271. The molecule has 0 amide bonds. The molecule has 0 bridgehead atoms. The van der Waals surface area contributed by atoms with Crippen molar-refractivity contribution in [3.8, 4) is 23.0 Å². The van der Waals surface area contributed by atoms with E-state index in [-0.39, 0.29) is 0 Å². The van der Waals surface area contributed by atoms with Gasteiger partial charge in [0.05, 0.1) is 26.4 Å². The first-order chi connectivity index (χ1) is 21.3. The van der Waals surface area contributed by atoms with Gasteiger partial charge in [0.2, 0.25) is 0 Å². The maximum atomic E-state index is 5.72. The minimum atomic E-state index is 0.547. The van der Waals surface area contributed by atoms with Gasteiger partial charge in [0.25, 0.3) is 0 Å². The third-order valence-electron chi connectivity index (χ3n) is 6.62. The topological polar surface area (TPSA) is 36.9 Å². The Morgan fingerprint density at radius 1 is 0.386 bits per heavy atom. The maximum absolute atomic E-state index is 5.72. The quantitative estimate of drug-likeness (QED) is 0.129. The Morgan fingerprint density at radius 3 is 0.864 bits per heavy atom. The Labute approximate surface area is 266 Å². The monoisotopic (exact) mass is 596 g/mol. The molecular weight excluding hydrogens is 544 g/mol. The van der Waals surface area contributed by atoms with E-state index in [9.17, 15) is 0 Å². The van der Waals surface area contributed by atoms with Gasteiger partial charge in [-0.25, -0.2) is 0 Å². The van der Waals surface area contributed by atoms with E-state index >= 15 is 0 Å². The molecule has 0 aliphatic rings. The molecule has 44 heavy (non-hydrogen) atoms. The Hall–Kier alpha value is -3.92. The lowest BCUT2D eigenvalue weighted by atomic mass is 10.0. The molecule has 236 valence electrons. The Morgan fingerprint density at radius 2 is 0.636 bits per heavy atom. The zero-order valence-corrected chi connectivity index (χ0v) is 27.7. The molecule has 0 heterocycles. The van der Waals surface area contributed by atoms with Crippen molar-refractivity contribution in [3.63, 3.8) is 0 Å². The Kier molecular flexibility index (Phi) is 15.2. The number of hydrogen-bond acceptors (Lipinski definition) is 4. The molecule has 4 nitrogen and oxygen atoms in total. The third-order valence-corrected chi connectivity index (χ3v) is 6.62. The van der Waals surface area contributed by atoms with Crippen LogP contribution in [0.2, 0.25) is 0 Å². The van der Waals surface area contributed by atoms with Crippen LogP contribution in [-0.2, 0) is 12.8 Å². The molecule has 0 unspecified atom stereocenters. The lowest BCUT2D eigenvalue weighted by Crippen LogP contribution is -2.04. The van der Waals surface area contributed by atoms with E-state index in [0.29, 0.717) is 11.8 Å². The second kappa shape index (κ2) is 19.4. The molecule has 0 fully saturated rings. The van der Waals surface area contributed by atoms with Gasteiger partial charge in [-0.1, -0.05) is 90.1 Å². The number of ether oxygens (including phenoxy) is 4. The van der Waals surface area contributed by atoms with E-state index in [1.54, 1.807) is 0 Å². The molecule has 0 atom stereocenters. The van der Waals surface area contributed by atoms with Gasteiger partial charge in [0.15, 0.2) is 0 Å². The summed E-state index contributed by atoms with van der Waals surface area (Å²) >= 11 is 0. The molecule has 0 aliphatic heterocycles. The molecule has 4 aromatic rings. The standard InChI is InChI=1S/C21H28O2.C19H24O2/c1-16(2)14-22-20-9-5-18(6-10-20)13-19-7-11-21(12-8-19)23-15-17(3)4;1-3-13-20-18-9-5-16(6-10-18)15-17-7-11-19(12-8-17)21-14-4-2/h5-12,16-17H,13-15H2,1-4H3;5-12H,3-4,13-15H2,1-2H3. The molecule has 0 N–H and O–H groups in total. The van der Waals surface area contributed by atoms with Crippen molar-refractivity contribution < 1.29 is 18.9 Å². The molecule has 0 spiro atoms. The summed E-state index contributed by atoms with van der Waals surface area (Å²) in [5, 5.41) is 0. The van der Waals surface area contributed by atoms with Crippen LogP contribution in [0.3, 0.4) is 0 Å². The fourth-order valence-corrected chi connectivity index (χ4v) is 4.25. The second-order valence-corrected chi connectivity index (χ2v) is 12.0. The van der Waals surface area contributed by atoms with Gasteiger partial charge in [-0.15, -0.1) is 0 Å². The van der Waals surface area contributed by atoms with Gasteiger partial charge >= 0.3 is 0 Å². The summed E-state index contributed by atoms with van der Waals surface area (Å²) in [6.07, 6.45) is 3.93. The summed E-state index contributed by atoms with van der Waals surface area (Å²) in [6, 6.07) is 33.5. The summed E-state index contributed by atoms with van der Waals surface area (Å²) in [5.74, 6) is 4.88. The summed E-state index contributed by atoms with van der Waals surface area (Å²) in [7, 11) is 0. The highest BCUT2D eigenvalue weighted by atomic mass is 16.5. The van der Waals surface area contributed by atoms with Crippen molar-refractivity contribution in [2.24, 2.45) is 11.8 Å². The molecule has 4 rings (SSSR count). The average Bonchev–Trinajstić information content (AvgIpc) is 3.04. The predicted molar refractivity (Wildman–Crippen MR) is 184 cm³/mol. The average molecular weight is 597 g/mol. The molecule has 4 aromatic carbocycles. The first kappa shape index (κ1) is 34.6. The van der Waals surface area contributed by atoms with Gasteiger partial charge in [0.1, 0.15) is 23.0 Å². The molecule has 0 saturated heterocycles. The molecule has 4 heteroatoms. The van der Waals surface area contributed by atoms with E-state index < -0.39 is 0 Å². The minimum Gasteiger partial charge on any atom is -0.494 e. The van der Waals surface area contributed by atoms with E-state index in [0.717, 1.165) is 75.1 Å². The smallest absolute Gasteiger partial charge is 0.119 e. The highest BCUT2D eigenvalue weighted by molar-refractivity contribution is 5.35. The van der Waals surface area contributed by atoms with Crippen LogP contribution in [0.25, 0.3) is 0 Å². The fourth-order valence-electron chi connectivity index (χ4n) is 4.25. The first-order valence-corrected chi connectivity index (χ1v) is 16.2. The zero-order chi connectivity index (χ0) is 31.6. The summed E-state index contributed by atoms with van der Waals surface area (Å²) < 4.78 is 22.6. The number of hydrogen-bond donors (Lipinski definition) is 0. The van der Waals surface area contributed by atoms with Crippen molar-refractivity contribution in [2.45, 2.75) is 67.2 Å². The molecule has 0 radical (unpaired) electrons. The second-order valence-electron chi connectivity index (χ2n) is 12.0. The fraction of sp³-hybridized carbons (Fsp3) is 0.400. The van der Waals surface area contributed by atoms with Gasteiger partial charge in [-0.05, 0) is 108 Å².